The van der Waals surface area contributed by atoms with Crippen LogP contribution >= 0.6 is 0 Å². The molecule has 0 radical (unpaired) electrons. The number of carboxylic acids is 1. The lowest BCUT2D eigenvalue weighted by Crippen LogP contribution is -2.23. The van der Waals surface area contributed by atoms with Crippen LogP contribution in [0.1, 0.15) is 39.9 Å². The van der Waals surface area contributed by atoms with E-state index in [9.17, 15) is 19.7 Å². The van der Waals surface area contributed by atoms with Crippen molar-refractivity contribution in [3.63, 3.8) is 0 Å². The Labute approximate surface area is 162 Å². The van der Waals surface area contributed by atoms with Crippen molar-refractivity contribution in [3.05, 3.63) is 68.8 Å². The molecule has 0 fully saturated rings. The van der Waals surface area contributed by atoms with Gasteiger partial charge in [-0.05, 0) is 49.6 Å². The van der Waals surface area contributed by atoms with E-state index in [0.717, 1.165) is 5.56 Å². The van der Waals surface area contributed by atoms with Gasteiger partial charge >= 0.3 is 5.97 Å². The number of nitrogens with zero attached hydrogens (tertiary/aromatic N) is 1. The number of aryl methyl sites for hydroxylation is 2. The van der Waals surface area contributed by atoms with Gasteiger partial charge in [0.05, 0.1) is 11.5 Å². The number of amides is 1. The average molecular weight is 386 g/mol. The second-order valence-electron chi connectivity index (χ2n) is 6.38. The highest BCUT2D eigenvalue weighted by Crippen LogP contribution is 2.22. The predicted molar refractivity (Wildman–Crippen MR) is 103 cm³/mol. The zero-order valence-electron chi connectivity index (χ0n) is 15.7. The lowest BCUT2D eigenvalue weighted by molar-refractivity contribution is -0.385. The number of benzene rings is 2. The molecule has 2 aromatic carbocycles. The number of carbonyl (C=O) groups excluding carboxylic acids is 1. The number of hydrogen-bond acceptors (Lipinski definition) is 5. The van der Waals surface area contributed by atoms with Gasteiger partial charge in [-0.1, -0.05) is 12.1 Å². The van der Waals surface area contributed by atoms with Crippen LogP contribution < -0.4 is 10.1 Å². The van der Waals surface area contributed by atoms with E-state index in [4.69, 9.17) is 9.84 Å². The number of carboxylic acid groups (broad SMARTS) is 1. The van der Waals surface area contributed by atoms with Gasteiger partial charge in [-0.25, -0.2) is 0 Å². The van der Waals surface area contributed by atoms with Crippen molar-refractivity contribution in [2.75, 3.05) is 6.61 Å². The summed E-state index contributed by atoms with van der Waals surface area (Å²) in [6.45, 7) is 3.95. The van der Waals surface area contributed by atoms with Gasteiger partial charge in [0, 0.05) is 30.2 Å². The summed E-state index contributed by atoms with van der Waals surface area (Å²) >= 11 is 0. The van der Waals surface area contributed by atoms with E-state index < -0.39 is 10.9 Å². The molecule has 0 unspecified atom stereocenters. The van der Waals surface area contributed by atoms with Crippen LogP contribution in [-0.2, 0) is 11.3 Å². The van der Waals surface area contributed by atoms with Crippen LogP contribution in [0.4, 0.5) is 5.69 Å². The average Bonchev–Trinajstić information content (AvgIpc) is 2.64. The first-order valence-electron chi connectivity index (χ1n) is 8.75. The summed E-state index contributed by atoms with van der Waals surface area (Å²) in [4.78, 5) is 33.4. The van der Waals surface area contributed by atoms with Crippen molar-refractivity contribution < 1.29 is 24.4 Å². The molecule has 2 rings (SSSR count). The Morgan fingerprint density at radius 3 is 2.43 bits per heavy atom. The summed E-state index contributed by atoms with van der Waals surface area (Å²) in [7, 11) is 0. The predicted octanol–water partition coefficient (Wildman–Crippen LogP) is 3.39. The van der Waals surface area contributed by atoms with E-state index in [2.05, 4.69) is 5.32 Å². The molecule has 0 aliphatic carbocycles. The van der Waals surface area contributed by atoms with Gasteiger partial charge < -0.3 is 15.2 Å². The number of aliphatic carboxylic acids is 1. The first-order chi connectivity index (χ1) is 13.3. The molecule has 0 aliphatic rings. The minimum atomic E-state index is -0.858. The number of nitro groups is 1. The SMILES string of the molecule is Cc1cc(C)c([N+](=O)[O-])cc1C(=O)NCc1ccc(OCCCC(=O)O)cc1. The highest BCUT2D eigenvalue weighted by atomic mass is 16.6. The van der Waals surface area contributed by atoms with Gasteiger partial charge in [-0.3, -0.25) is 19.7 Å². The normalized spacial score (nSPS) is 10.4. The van der Waals surface area contributed by atoms with Gasteiger partial charge in [0.25, 0.3) is 11.6 Å². The van der Waals surface area contributed by atoms with E-state index in [-0.39, 0.29) is 30.1 Å². The number of nitro benzene ring substituents is 1. The largest absolute Gasteiger partial charge is 0.494 e. The van der Waals surface area contributed by atoms with E-state index in [1.165, 1.54) is 6.07 Å². The van der Waals surface area contributed by atoms with E-state index in [0.29, 0.717) is 29.9 Å². The van der Waals surface area contributed by atoms with Crippen molar-refractivity contribution in [1.82, 2.24) is 5.32 Å². The number of carbonyl (C=O) groups is 2. The smallest absolute Gasteiger partial charge is 0.303 e. The van der Waals surface area contributed by atoms with Crippen LogP contribution in [0.15, 0.2) is 36.4 Å². The topological polar surface area (TPSA) is 119 Å². The maximum absolute atomic E-state index is 12.4. The number of ether oxygens (including phenoxy) is 1. The Morgan fingerprint density at radius 1 is 1.14 bits per heavy atom. The summed E-state index contributed by atoms with van der Waals surface area (Å²) in [5.74, 6) is -0.621. The maximum Gasteiger partial charge on any atom is 0.303 e. The zero-order chi connectivity index (χ0) is 20.7. The molecule has 0 saturated heterocycles. The lowest BCUT2D eigenvalue weighted by Gasteiger charge is -2.10. The van der Waals surface area contributed by atoms with Gasteiger partial charge in [0.15, 0.2) is 0 Å². The molecular weight excluding hydrogens is 364 g/mol. The highest BCUT2D eigenvalue weighted by molar-refractivity contribution is 5.96. The third-order valence-electron chi connectivity index (χ3n) is 4.16. The number of hydrogen-bond donors (Lipinski definition) is 2. The second-order valence-corrected chi connectivity index (χ2v) is 6.38. The van der Waals surface area contributed by atoms with Crippen LogP contribution in [0.3, 0.4) is 0 Å². The molecule has 0 bridgehead atoms. The third kappa shape index (κ3) is 5.80. The van der Waals surface area contributed by atoms with Crippen molar-refractivity contribution in [2.24, 2.45) is 0 Å². The summed E-state index contributed by atoms with van der Waals surface area (Å²) in [5, 5.41) is 22.4. The van der Waals surface area contributed by atoms with Gasteiger partial charge in [-0.2, -0.15) is 0 Å². The second kappa shape index (κ2) is 9.50. The molecule has 2 N–H and O–H groups in total. The molecule has 2 aromatic rings. The van der Waals surface area contributed by atoms with Crippen LogP contribution in [0.2, 0.25) is 0 Å². The first-order valence-corrected chi connectivity index (χ1v) is 8.75. The monoisotopic (exact) mass is 386 g/mol. The molecule has 0 spiro atoms. The Balaban J connectivity index is 1.93. The maximum atomic E-state index is 12.4. The fourth-order valence-corrected chi connectivity index (χ4v) is 2.68. The number of nitrogens with one attached hydrogen (secondary N) is 1. The Hall–Kier alpha value is -3.42. The molecule has 28 heavy (non-hydrogen) atoms. The molecule has 0 saturated carbocycles. The Morgan fingerprint density at radius 2 is 1.82 bits per heavy atom. The quantitative estimate of drug-likeness (QED) is 0.387. The molecule has 0 atom stereocenters. The fraction of sp³-hybridized carbons (Fsp3) is 0.300. The zero-order valence-corrected chi connectivity index (χ0v) is 15.7. The van der Waals surface area contributed by atoms with Crippen molar-refractivity contribution in [3.8, 4) is 5.75 Å². The molecular formula is C20H22N2O6. The molecule has 0 aromatic heterocycles. The van der Waals surface area contributed by atoms with Crippen molar-refractivity contribution in [2.45, 2.75) is 33.2 Å². The summed E-state index contributed by atoms with van der Waals surface area (Å²) in [6.07, 6.45) is 0.482. The van der Waals surface area contributed by atoms with Gasteiger partial charge in [-0.15, -0.1) is 0 Å². The molecule has 1 amide bonds. The minimum Gasteiger partial charge on any atom is -0.494 e. The third-order valence-corrected chi connectivity index (χ3v) is 4.16. The van der Waals surface area contributed by atoms with Crippen LogP contribution in [0, 0.1) is 24.0 Å². The van der Waals surface area contributed by atoms with Crippen LogP contribution in [0.5, 0.6) is 5.75 Å². The molecule has 0 heterocycles. The Bertz CT molecular complexity index is 877. The van der Waals surface area contributed by atoms with E-state index in [1.807, 2.05) is 0 Å². The lowest BCUT2D eigenvalue weighted by atomic mass is 10.0. The van der Waals surface area contributed by atoms with Gasteiger partial charge in [0.2, 0.25) is 0 Å². The minimum absolute atomic E-state index is 0.0563. The van der Waals surface area contributed by atoms with E-state index >= 15 is 0 Å². The van der Waals surface area contributed by atoms with Crippen LogP contribution in [-0.4, -0.2) is 28.5 Å². The van der Waals surface area contributed by atoms with Crippen molar-refractivity contribution >= 4 is 17.6 Å². The van der Waals surface area contributed by atoms with Crippen LogP contribution in [0.25, 0.3) is 0 Å². The first kappa shape index (κ1) is 20.9. The number of rotatable bonds is 9. The molecule has 8 heteroatoms. The summed E-state index contributed by atoms with van der Waals surface area (Å²) in [6, 6.07) is 9.99. The summed E-state index contributed by atoms with van der Waals surface area (Å²) in [5.41, 5.74) is 2.21. The highest BCUT2D eigenvalue weighted by Gasteiger charge is 2.17. The summed E-state index contributed by atoms with van der Waals surface area (Å²) < 4.78 is 5.45. The van der Waals surface area contributed by atoms with Crippen molar-refractivity contribution in [1.29, 1.82) is 0 Å². The fourth-order valence-electron chi connectivity index (χ4n) is 2.68. The molecule has 0 aliphatic heterocycles. The molecule has 8 nitrogen and oxygen atoms in total. The van der Waals surface area contributed by atoms with E-state index in [1.54, 1.807) is 44.2 Å². The van der Waals surface area contributed by atoms with Gasteiger partial charge in [0.1, 0.15) is 5.75 Å². The molecule has 148 valence electrons. The Kier molecular flexibility index (Phi) is 7.08. The standard InChI is InChI=1S/C20H22N2O6/c1-13-10-14(2)18(22(26)27)11-17(13)20(25)21-12-15-5-7-16(8-6-15)28-9-3-4-19(23)24/h5-8,10-11H,3-4,9,12H2,1-2H3,(H,21,25)(H,23,24).